The van der Waals surface area contributed by atoms with Gasteiger partial charge in [-0.25, -0.2) is 9.13 Å². The van der Waals surface area contributed by atoms with E-state index in [0.717, 1.165) is 22.3 Å². The van der Waals surface area contributed by atoms with Crippen LogP contribution in [0.2, 0.25) is 0 Å². The quantitative estimate of drug-likeness (QED) is 0.106. The van der Waals surface area contributed by atoms with E-state index >= 15 is 0 Å². The molecule has 0 aliphatic rings. The summed E-state index contributed by atoms with van der Waals surface area (Å²) in [5.74, 6) is 1.94. The molecular formula is C41H38O6P2. The number of hydrogen-bond acceptors (Lipinski definition) is 6. The highest BCUT2D eigenvalue weighted by atomic mass is 31.2. The van der Waals surface area contributed by atoms with Crippen LogP contribution in [0.5, 0.6) is 23.0 Å². The summed E-state index contributed by atoms with van der Waals surface area (Å²) >= 11 is 0. The van der Waals surface area contributed by atoms with Crippen molar-refractivity contribution in [3.8, 4) is 23.0 Å². The van der Waals surface area contributed by atoms with Gasteiger partial charge in [-0.15, -0.1) is 0 Å². The molecule has 0 saturated heterocycles. The molecule has 0 N–H and O–H groups in total. The fourth-order valence-corrected chi connectivity index (χ4v) is 8.82. The standard InChI is InChI=1S/C41H38O6P2/c1-41(2,35-27-23-33(24-28-35)31-48(42,44-37-15-7-3-8-16-37)45-38-17-9-4-10-18-38)36-29-25-34(26-30-36)32-49(43,46-39-19-11-5-12-20-39)47-40-21-13-6-14-22-40/h3-30H,31-32H2,1-2H3. The minimum absolute atomic E-state index is 0.0996. The molecule has 6 rings (SSSR count). The van der Waals surface area contributed by atoms with E-state index in [-0.39, 0.29) is 17.7 Å². The van der Waals surface area contributed by atoms with Gasteiger partial charge in [-0.1, -0.05) is 135 Å². The van der Waals surface area contributed by atoms with Crippen LogP contribution in [0.3, 0.4) is 0 Å². The molecule has 0 radical (unpaired) electrons. The monoisotopic (exact) mass is 688 g/mol. The van der Waals surface area contributed by atoms with Crippen LogP contribution in [0.15, 0.2) is 170 Å². The van der Waals surface area contributed by atoms with Gasteiger partial charge >= 0.3 is 15.2 Å². The van der Waals surface area contributed by atoms with E-state index in [2.05, 4.69) is 13.8 Å². The molecule has 49 heavy (non-hydrogen) atoms. The van der Waals surface area contributed by atoms with Crippen molar-refractivity contribution in [1.82, 2.24) is 0 Å². The second-order valence-electron chi connectivity index (χ2n) is 12.2. The average Bonchev–Trinajstić information content (AvgIpc) is 3.10. The summed E-state index contributed by atoms with van der Waals surface area (Å²) in [4.78, 5) is 0. The van der Waals surface area contributed by atoms with Crippen molar-refractivity contribution in [3.63, 3.8) is 0 Å². The minimum Gasteiger partial charge on any atom is -0.416 e. The Bertz CT molecular complexity index is 1780. The van der Waals surface area contributed by atoms with Crippen molar-refractivity contribution in [2.45, 2.75) is 31.6 Å². The zero-order valence-corrected chi connectivity index (χ0v) is 29.2. The summed E-state index contributed by atoms with van der Waals surface area (Å²) in [5, 5.41) is 0. The van der Waals surface area contributed by atoms with E-state index < -0.39 is 15.2 Å². The molecule has 6 aromatic carbocycles. The molecular weight excluding hydrogens is 650 g/mol. The van der Waals surface area contributed by atoms with Crippen molar-refractivity contribution in [1.29, 1.82) is 0 Å². The average molecular weight is 689 g/mol. The molecule has 0 aliphatic heterocycles. The third kappa shape index (κ3) is 9.12. The molecule has 0 aliphatic carbocycles. The summed E-state index contributed by atoms with van der Waals surface area (Å²) in [6.07, 6.45) is 0.199. The van der Waals surface area contributed by atoms with Gasteiger partial charge in [0, 0.05) is 5.41 Å². The molecule has 0 atom stereocenters. The van der Waals surface area contributed by atoms with Gasteiger partial charge < -0.3 is 18.1 Å². The third-order valence-electron chi connectivity index (χ3n) is 8.05. The van der Waals surface area contributed by atoms with Crippen molar-refractivity contribution in [3.05, 3.63) is 192 Å². The van der Waals surface area contributed by atoms with Crippen LogP contribution in [-0.4, -0.2) is 0 Å². The first-order valence-electron chi connectivity index (χ1n) is 16.0. The Labute approximate surface area is 288 Å². The Hall–Kier alpha value is -5.02. The molecule has 6 nitrogen and oxygen atoms in total. The van der Waals surface area contributed by atoms with Crippen LogP contribution in [0.25, 0.3) is 0 Å². The largest absolute Gasteiger partial charge is 0.435 e. The molecule has 0 aromatic heterocycles. The number of hydrogen-bond donors (Lipinski definition) is 0. The highest BCUT2D eigenvalue weighted by molar-refractivity contribution is 7.54. The van der Waals surface area contributed by atoms with Crippen LogP contribution < -0.4 is 18.1 Å². The van der Waals surface area contributed by atoms with Gasteiger partial charge in [0.15, 0.2) is 0 Å². The maximum absolute atomic E-state index is 14.1. The van der Waals surface area contributed by atoms with Gasteiger partial charge in [-0.2, -0.15) is 0 Å². The van der Waals surface area contributed by atoms with E-state index in [1.54, 1.807) is 48.5 Å². The van der Waals surface area contributed by atoms with Gasteiger partial charge in [0.25, 0.3) is 0 Å². The van der Waals surface area contributed by atoms with E-state index in [9.17, 15) is 9.13 Å². The summed E-state index contributed by atoms with van der Waals surface area (Å²) in [6, 6.07) is 52.4. The lowest BCUT2D eigenvalue weighted by Gasteiger charge is -2.27. The second kappa shape index (κ2) is 15.0. The first-order valence-corrected chi connectivity index (χ1v) is 19.5. The Morgan fingerprint density at radius 1 is 0.388 bits per heavy atom. The summed E-state index contributed by atoms with van der Waals surface area (Å²) in [6.45, 7) is 4.31. The molecule has 8 heteroatoms. The van der Waals surface area contributed by atoms with Gasteiger partial charge in [0.2, 0.25) is 0 Å². The molecule has 0 saturated carbocycles. The highest BCUT2D eigenvalue weighted by Gasteiger charge is 2.31. The van der Waals surface area contributed by atoms with Crippen LogP contribution in [0, 0.1) is 0 Å². The van der Waals surface area contributed by atoms with Crippen molar-refractivity contribution >= 4 is 15.2 Å². The Balaban J connectivity index is 1.18. The lowest BCUT2D eigenvalue weighted by Crippen LogP contribution is -2.19. The molecule has 0 spiro atoms. The Kier molecular flexibility index (Phi) is 10.4. The number of benzene rings is 6. The first kappa shape index (κ1) is 33.9. The van der Waals surface area contributed by atoms with E-state index in [1.165, 1.54) is 0 Å². The fraction of sp³-hybridized carbons (Fsp3) is 0.122. The SMILES string of the molecule is CC(C)(c1ccc(CP(=O)(Oc2ccccc2)Oc2ccccc2)cc1)c1ccc(CP(=O)(Oc2ccccc2)Oc2ccccc2)cc1. The van der Waals surface area contributed by atoms with E-state index in [1.807, 2.05) is 121 Å². The summed E-state index contributed by atoms with van der Waals surface area (Å²) < 4.78 is 52.1. The molecule has 0 amide bonds. The number of rotatable bonds is 14. The first-order chi connectivity index (χ1) is 23.7. The van der Waals surface area contributed by atoms with Gasteiger partial charge in [-0.05, 0) is 70.8 Å². The smallest absolute Gasteiger partial charge is 0.416 e. The normalized spacial score (nSPS) is 11.8. The van der Waals surface area contributed by atoms with E-state index in [4.69, 9.17) is 18.1 Å². The Morgan fingerprint density at radius 2 is 0.633 bits per heavy atom. The molecule has 248 valence electrons. The third-order valence-corrected chi connectivity index (χ3v) is 11.5. The van der Waals surface area contributed by atoms with Crippen LogP contribution in [-0.2, 0) is 26.9 Å². The fourth-order valence-electron chi connectivity index (χ4n) is 5.40. The molecule has 0 heterocycles. The van der Waals surface area contributed by atoms with Gasteiger partial charge in [-0.3, -0.25) is 0 Å². The van der Waals surface area contributed by atoms with Crippen molar-refractivity contribution in [2.75, 3.05) is 0 Å². The van der Waals surface area contributed by atoms with Gasteiger partial charge in [0.1, 0.15) is 23.0 Å². The summed E-state index contributed by atoms with van der Waals surface area (Å²) in [7, 11) is -7.22. The molecule has 0 bridgehead atoms. The summed E-state index contributed by atoms with van der Waals surface area (Å²) in [5.41, 5.74) is 3.47. The van der Waals surface area contributed by atoms with E-state index in [0.29, 0.717) is 23.0 Å². The zero-order chi connectivity index (χ0) is 34.2. The maximum atomic E-state index is 14.1. The Morgan fingerprint density at radius 3 is 0.878 bits per heavy atom. The lowest BCUT2D eigenvalue weighted by molar-refractivity contribution is 0.383. The molecule has 0 fully saturated rings. The lowest BCUT2D eigenvalue weighted by atomic mass is 9.78. The van der Waals surface area contributed by atoms with Crippen LogP contribution >= 0.6 is 15.2 Å². The maximum Gasteiger partial charge on any atom is 0.435 e. The predicted octanol–water partition coefficient (Wildman–Crippen LogP) is 11.7. The highest BCUT2D eigenvalue weighted by Crippen LogP contribution is 2.53. The van der Waals surface area contributed by atoms with Crippen molar-refractivity contribution < 1.29 is 27.2 Å². The minimum atomic E-state index is -3.61. The molecule has 6 aromatic rings. The predicted molar refractivity (Wildman–Crippen MR) is 196 cm³/mol. The topological polar surface area (TPSA) is 71.1 Å². The second-order valence-corrected chi connectivity index (χ2v) is 16.0. The van der Waals surface area contributed by atoms with Gasteiger partial charge in [0.05, 0.1) is 12.3 Å². The van der Waals surface area contributed by atoms with Crippen molar-refractivity contribution in [2.24, 2.45) is 0 Å². The molecule has 0 unspecified atom stereocenters. The van der Waals surface area contributed by atoms with Crippen LogP contribution in [0.1, 0.15) is 36.1 Å². The van der Waals surface area contributed by atoms with Crippen LogP contribution in [0.4, 0.5) is 0 Å². The zero-order valence-electron chi connectivity index (χ0n) is 27.4. The number of para-hydroxylation sites is 4.